The summed E-state index contributed by atoms with van der Waals surface area (Å²) in [5.74, 6) is 0.0174. The molecule has 6 nitrogen and oxygen atoms in total. The summed E-state index contributed by atoms with van der Waals surface area (Å²) in [5, 5.41) is 13.4. The van der Waals surface area contributed by atoms with E-state index in [1.54, 1.807) is 16.7 Å². The Balaban J connectivity index is 1.42. The number of nitrogens with one attached hydrogen (secondary N) is 1. The molecule has 4 aromatic rings. The molecule has 1 heterocycles. The first-order valence-corrected chi connectivity index (χ1v) is 10.5. The first-order chi connectivity index (χ1) is 16.0. The number of amides is 1. The van der Waals surface area contributed by atoms with Crippen LogP contribution in [0, 0.1) is 11.6 Å². The van der Waals surface area contributed by atoms with Gasteiger partial charge in [0, 0.05) is 6.54 Å². The summed E-state index contributed by atoms with van der Waals surface area (Å²) < 4.78 is 33.4. The minimum Gasteiger partial charge on any atom is -0.491 e. The highest BCUT2D eigenvalue weighted by atomic mass is 19.1. The second kappa shape index (κ2) is 10.2. The smallest absolute Gasteiger partial charge is 0.227 e. The lowest BCUT2D eigenvalue weighted by Crippen LogP contribution is -2.28. The van der Waals surface area contributed by atoms with Gasteiger partial charge < -0.3 is 19.7 Å². The Hall–Kier alpha value is -3.78. The number of aromatic nitrogens is 2. The van der Waals surface area contributed by atoms with Crippen molar-refractivity contribution in [2.75, 3.05) is 6.61 Å². The van der Waals surface area contributed by atoms with E-state index >= 15 is 0 Å². The van der Waals surface area contributed by atoms with E-state index in [-0.39, 0.29) is 43.7 Å². The number of aliphatic hydroxyl groups excluding tert-OH is 1. The summed E-state index contributed by atoms with van der Waals surface area (Å²) in [6.45, 7) is 0.435. The predicted octanol–water partition coefficient (Wildman–Crippen LogP) is 3.61. The molecule has 1 amide bonds. The van der Waals surface area contributed by atoms with Gasteiger partial charge in [0.2, 0.25) is 5.91 Å². The predicted molar refractivity (Wildman–Crippen MR) is 120 cm³/mol. The van der Waals surface area contributed by atoms with Crippen LogP contribution in [0.2, 0.25) is 0 Å². The van der Waals surface area contributed by atoms with Gasteiger partial charge >= 0.3 is 0 Å². The SMILES string of the molecule is O=C(Cc1nc2ccccc2n1CC(O)COc1ccc(F)cc1)NCc1ccc(F)cc1. The number of benzene rings is 3. The lowest BCUT2D eigenvalue weighted by atomic mass is 10.2. The number of hydrogen-bond donors (Lipinski definition) is 2. The van der Waals surface area contributed by atoms with Crippen molar-refractivity contribution >= 4 is 16.9 Å². The van der Waals surface area contributed by atoms with E-state index < -0.39 is 6.10 Å². The standard InChI is InChI=1S/C25H23F2N3O3/c26-18-7-5-17(6-8-18)14-28-25(32)13-24-29-22-3-1-2-4-23(22)30(24)15-20(31)16-33-21-11-9-19(27)10-12-21/h1-12,20,31H,13-16H2,(H,28,32). The minimum absolute atomic E-state index is 0.00561. The van der Waals surface area contributed by atoms with Gasteiger partial charge in [0.1, 0.15) is 35.9 Å². The van der Waals surface area contributed by atoms with Gasteiger partial charge in [0.05, 0.1) is 24.0 Å². The van der Waals surface area contributed by atoms with Crippen LogP contribution in [0.3, 0.4) is 0 Å². The zero-order valence-electron chi connectivity index (χ0n) is 17.7. The van der Waals surface area contributed by atoms with Crippen LogP contribution in [0.15, 0.2) is 72.8 Å². The van der Waals surface area contributed by atoms with Crippen molar-refractivity contribution in [1.82, 2.24) is 14.9 Å². The monoisotopic (exact) mass is 451 g/mol. The Morgan fingerprint density at radius 3 is 2.39 bits per heavy atom. The first-order valence-electron chi connectivity index (χ1n) is 10.5. The highest BCUT2D eigenvalue weighted by molar-refractivity contribution is 5.81. The lowest BCUT2D eigenvalue weighted by Gasteiger charge is -2.16. The zero-order valence-corrected chi connectivity index (χ0v) is 17.7. The van der Waals surface area contributed by atoms with E-state index in [2.05, 4.69) is 10.3 Å². The zero-order chi connectivity index (χ0) is 23.2. The maximum absolute atomic E-state index is 13.0. The molecule has 0 bridgehead atoms. The fourth-order valence-electron chi connectivity index (χ4n) is 3.46. The molecule has 2 N–H and O–H groups in total. The van der Waals surface area contributed by atoms with E-state index in [4.69, 9.17) is 4.74 Å². The number of fused-ring (bicyclic) bond motifs is 1. The highest BCUT2D eigenvalue weighted by Crippen LogP contribution is 2.18. The van der Waals surface area contributed by atoms with E-state index in [0.717, 1.165) is 11.1 Å². The lowest BCUT2D eigenvalue weighted by molar-refractivity contribution is -0.120. The molecule has 170 valence electrons. The number of carbonyl (C=O) groups excluding carboxylic acids is 1. The Kier molecular flexibility index (Phi) is 6.95. The average molecular weight is 451 g/mol. The Labute approximate surface area is 189 Å². The van der Waals surface area contributed by atoms with Gasteiger partial charge in [-0.15, -0.1) is 0 Å². The highest BCUT2D eigenvalue weighted by Gasteiger charge is 2.17. The molecule has 0 saturated heterocycles. The van der Waals surface area contributed by atoms with Crippen LogP contribution in [0.1, 0.15) is 11.4 Å². The van der Waals surface area contributed by atoms with Crippen molar-refractivity contribution in [3.63, 3.8) is 0 Å². The normalized spacial score (nSPS) is 12.0. The Bertz CT molecular complexity index is 1220. The van der Waals surface area contributed by atoms with Crippen LogP contribution in [0.4, 0.5) is 8.78 Å². The second-order valence-corrected chi connectivity index (χ2v) is 7.63. The van der Waals surface area contributed by atoms with Gasteiger partial charge in [-0.1, -0.05) is 24.3 Å². The second-order valence-electron chi connectivity index (χ2n) is 7.63. The molecule has 3 aromatic carbocycles. The first kappa shape index (κ1) is 22.4. The van der Waals surface area contributed by atoms with Crippen molar-refractivity contribution in [3.8, 4) is 5.75 Å². The number of rotatable bonds is 9. The fraction of sp³-hybridized carbons (Fsp3) is 0.200. The van der Waals surface area contributed by atoms with E-state index in [1.807, 2.05) is 24.3 Å². The van der Waals surface area contributed by atoms with Crippen molar-refractivity contribution in [2.45, 2.75) is 25.6 Å². The molecule has 4 rings (SSSR count). The number of aliphatic hydroxyl groups is 1. The molecule has 1 unspecified atom stereocenters. The van der Waals surface area contributed by atoms with Gasteiger partial charge in [0.15, 0.2) is 0 Å². The quantitative estimate of drug-likeness (QED) is 0.408. The number of carbonyl (C=O) groups is 1. The van der Waals surface area contributed by atoms with Gasteiger partial charge in [-0.25, -0.2) is 13.8 Å². The molecule has 0 saturated carbocycles. The number of halogens is 2. The molecular weight excluding hydrogens is 428 g/mol. The molecule has 33 heavy (non-hydrogen) atoms. The van der Waals surface area contributed by atoms with E-state index in [1.165, 1.54) is 36.4 Å². The molecule has 0 radical (unpaired) electrons. The van der Waals surface area contributed by atoms with Crippen molar-refractivity contribution in [1.29, 1.82) is 0 Å². The van der Waals surface area contributed by atoms with Crippen LogP contribution >= 0.6 is 0 Å². The molecule has 0 fully saturated rings. The molecule has 1 atom stereocenters. The Morgan fingerprint density at radius 1 is 1.00 bits per heavy atom. The van der Waals surface area contributed by atoms with Crippen molar-refractivity contribution in [2.24, 2.45) is 0 Å². The molecule has 0 aliphatic rings. The maximum atomic E-state index is 13.0. The number of imidazole rings is 1. The van der Waals surface area contributed by atoms with Gasteiger partial charge in [-0.05, 0) is 54.1 Å². The third-order valence-corrected chi connectivity index (χ3v) is 5.10. The molecular formula is C25H23F2N3O3. The van der Waals surface area contributed by atoms with Crippen LogP contribution in [0.25, 0.3) is 11.0 Å². The van der Waals surface area contributed by atoms with Crippen LogP contribution in [0.5, 0.6) is 5.75 Å². The maximum Gasteiger partial charge on any atom is 0.227 e. The van der Waals surface area contributed by atoms with Gasteiger partial charge in [0.25, 0.3) is 0 Å². The van der Waals surface area contributed by atoms with Crippen molar-refractivity contribution < 1.29 is 23.4 Å². The molecule has 0 spiro atoms. The summed E-state index contributed by atoms with van der Waals surface area (Å²) in [7, 11) is 0. The molecule has 1 aromatic heterocycles. The third kappa shape index (κ3) is 5.93. The fourth-order valence-corrected chi connectivity index (χ4v) is 3.46. The number of para-hydroxylation sites is 2. The van der Waals surface area contributed by atoms with Gasteiger partial charge in [-0.3, -0.25) is 4.79 Å². The van der Waals surface area contributed by atoms with Crippen LogP contribution < -0.4 is 10.1 Å². The minimum atomic E-state index is -0.881. The van der Waals surface area contributed by atoms with Crippen LogP contribution in [-0.4, -0.2) is 33.3 Å². The summed E-state index contributed by atoms with van der Waals surface area (Å²) in [6.07, 6.45) is -0.866. The number of ether oxygens (including phenoxy) is 1. The van der Waals surface area contributed by atoms with E-state index in [9.17, 15) is 18.7 Å². The number of hydrogen-bond acceptors (Lipinski definition) is 4. The van der Waals surface area contributed by atoms with Crippen molar-refractivity contribution in [3.05, 3.63) is 95.8 Å². The average Bonchev–Trinajstić information content (AvgIpc) is 3.15. The summed E-state index contributed by atoms with van der Waals surface area (Å²) in [4.78, 5) is 17.1. The van der Waals surface area contributed by atoms with E-state index in [0.29, 0.717) is 17.1 Å². The van der Waals surface area contributed by atoms with Crippen LogP contribution in [-0.2, 0) is 24.3 Å². The summed E-state index contributed by atoms with van der Waals surface area (Å²) >= 11 is 0. The number of nitrogens with zero attached hydrogens (tertiary/aromatic N) is 2. The molecule has 0 aliphatic carbocycles. The molecule has 8 heteroatoms. The largest absolute Gasteiger partial charge is 0.491 e. The topological polar surface area (TPSA) is 76.4 Å². The summed E-state index contributed by atoms with van der Waals surface area (Å²) in [6, 6.07) is 18.9. The molecule has 0 aliphatic heterocycles. The Morgan fingerprint density at radius 2 is 1.67 bits per heavy atom. The summed E-state index contributed by atoms with van der Waals surface area (Å²) in [5.41, 5.74) is 2.29. The third-order valence-electron chi connectivity index (χ3n) is 5.10. The van der Waals surface area contributed by atoms with Gasteiger partial charge in [-0.2, -0.15) is 0 Å².